The van der Waals surface area contributed by atoms with E-state index in [0.717, 1.165) is 24.3 Å². The van der Waals surface area contributed by atoms with Crippen molar-refractivity contribution >= 4 is 5.97 Å². The first-order chi connectivity index (χ1) is 13.6. The van der Waals surface area contributed by atoms with Gasteiger partial charge in [0.25, 0.3) is 0 Å². The monoisotopic (exact) mass is 384 g/mol. The first-order valence-electron chi connectivity index (χ1n) is 10.2. The van der Waals surface area contributed by atoms with E-state index in [9.17, 15) is 4.79 Å². The fourth-order valence-corrected chi connectivity index (χ4v) is 2.87. The van der Waals surface area contributed by atoms with E-state index in [2.05, 4.69) is 6.92 Å². The maximum atomic E-state index is 12.3. The summed E-state index contributed by atoms with van der Waals surface area (Å²) in [4.78, 5) is 12.3. The number of carbonyl (C=O) groups is 1. The summed E-state index contributed by atoms with van der Waals surface area (Å²) in [6.07, 6.45) is 7.44. The molecule has 152 valence electrons. The van der Waals surface area contributed by atoms with Crippen LogP contribution in [0.4, 0.5) is 0 Å². The zero-order valence-electron chi connectivity index (χ0n) is 17.3. The lowest BCUT2D eigenvalue weighted by Crippen LogP contribution is -2.08. The third-order valence-corrected chi connectivity index (χ3v) is 4.77. The smallest absolute Gasteiger partial charge is 0.343 e. The molecule has 1 unspecified atom stereocenters. The van der Waals surface area contributed by atoms with Crippen LogP contribution >= 0.6 is 0 Å². The number of hydrogen-bond acceptors (Lipinski definition) is 4. The summed E-state index contributed by atoms with van der Waals surface area (Å²) >= 11 is 0. The summed E-state index contributed by atoms with van der Waals surface area (Å²) in [5.41, 5.74) is 1.53. The highest BCUT2D eigenvalue weighted by Gasteiger charge is 2.10. The molecule has 0 aromatic heterocycles. The van der Waals surface area contributed by atoms with Gasteiger partial charge in [0.15, 0.2) is 0 Å². The van der Waals surface area contributed by atoms with Gasteiger partial charge in [-0.05, 0) is 55.3 Å². The first-order valence-corrected chi connectivity index (χ1v) is 10.2. The lowest BCUT2D eigenvalue weighted by atomic mass is 10.1. The number of ether oxygens (including phenoxy) is 3. The zero-order valence-corrected chi connectivity index (χ0v) is 17.3. The molecular weight excluding hydrogens is 352 g/mol. The molecule has 2 aromatic carbocycles. The Morgan fingerprint density at radius 2 is 1.46 bits per heavy atom. The topological polar surface area (TPSA) is 44.8 Å². The third-order valence-electron chi connectivity index (χ3n) is 4.77. The van der Waals surface area contributed by atoms with Gasteiger partial charge in [0.1, 0.15) is 11.5 Å². The predicted molar refractivity (Wildman–Crippen MR) is 112 cm³/mol. The molecule has 0 amide bonds. The number of esters is 1. The van der Waals surface area contributed by atoms with Gasteiger partial charge in [-0.1, -0.05) is 51.2 Å². The van der Waals surface area contributed by atoms with Crippen molar-refractivity contribution < 1.29 is 19.0 Å². The van der Waals surface area contributed by atoms with E-state index in [1.165, 1.54) is 32.1 Å². The molecule has 0 radical (unpaired) electrons. The van der Waals surface area contributed by atoms with Crippen molar-refractivity contribution in [3.8, 4) is 11.5 Å². The molecule has 1 atom stereocenters. The Balaban J connectivity index is 1.76. The number of benzene rings is 2. The van der Waals surface area contributed by atoms with E-state index in [1.54, 1.807) is 31.4 Å². The van der Waals surface area contributed by atoms with Crippen molar-refractivity contribution in [3.63, 3.8) is 0 Å². The number of unbranched alkanes of at least 4 members (excludes halogenated alkanes) is 5. The van der Waals surface area contributed by atoms with E-state index in [0.29, 0.717) is 11.3 Å². The SMILES string of the molecule is CCCCCCCCOc1ccc(OC(=O)c2ccc(C(C)OC)cc2)cc1. The van der Waals surface area contributed by atoms with Gasteiger partial charge in [-0.2, -0.15) is 0 Å². The summed E-state index contributed by atoms with van der Waals surface area (Å²) in [6, 6.07) is 14.5. The van der Waals surface area contributed by atoms with Gasteiger partial charge in [-0.3, -0.25) is 0 Å². The number of hydrogen-bond donors (Lipinski definition) is 0. The molecule has 0 aliphatic heterocycles. The van der Waals surface area contributed by atoms with E-state index in [1.807, 2.05) is 31.2 Å². The van der Waals surface area contributed by atoms with Crippen molar-refractivity contribution in [1.29, 1.82) is 0 Å². The maximum Gasteiger partial charge on any atom is 0.343 e. The van der Waals surface area contributed by atoms with Crippen LogP contribution in [0.15, 0.2) is 48.5 Å². The van der Waals surface area contributed by atoms with Crippen LogP contribution in [0, 0.1) is 0 Å². The molecule has 0 saturated heterocycles. The molecule has 0 N–H and O–H groups in total. The first kappa shape index (κ1) is 22.0. The van der Waals surface area contributed by atoms with Gasteiger partial charge in [-0.15, -0.1) is 0 Å². The fraction of sp³-hybridized carbons (Fsp3) is 0.458. The van der Waals surface area contributed by atoms with Crippen LogP contribution in [0.3, 0.4) is 0 Å². The quantitative estimate of drug-likeness (QED) is 0.243. The van der Waals surface area contributed by atoms with Crippen LogP contribution in [-0.4, -0.2) is 19.7 Å². The average molecular weight is 385 g/mol. The molecule has 4 nitrogen and oxygen atoms in total. The van der Waals surface area contributed by atoms with Gasteiger partial charge in [0, 0.05) is 7.11 Å². The summed E-state index contributed by atoms with van der Waals surface area (Å²) in [5, 5.41) is 0. The molecule has 0 bridgehead atoms. The summed E-state index contributed by atoms with van der Waals surface area (Å²) in [6.45, 7) is 4.91. The van der Waals surface area contributed by atoms with Crippen molar-refractivity contribution in [2.45, 2.75) is 58.5 Å². The lowest BCUT2D eigenvalue weighted by Gasteiger charge is -2.10. The van der Waals surface area contributed by atoms with Crippen LogP contribution in [-0.2, 0) is 4.74 Å². The van der Waals surface area contributed by atoms with E-state index in [4.69, 9.17) is 14.2 Å². The van der Waals surface area contributed by atoms with Crippen LogP contribution in [0.2, 0.25) is 0 Å². The second-order valence-electron chi connectivity index (χ2n) is 6.98. The Kier molecular flexibility index (Phi) is 9.56. The molecule has 0 aliphatic carbocycles. The highest BCUT2D eigenvalue weighted by Crippen LogP contribution is 2.20. The third kappa shape index (κ3) is 7.35. The normalized spacial score (nSPS) is 11.8. The van der Waals surface area contributed by atoms with E-state index in [-0.39, 0.29) is 12.1 Å². The molecule has 2 aromatic rings. The second kappa shape index (κ2) is 12.2. The predicted octanol–water partition coefficient (Wildman–Crippen LogP) is 6.35. The molecule has 0 spiro atoms. The Morgan fingerprint density at radius 1 is 0.857 bits per heavy atom. The number of rotatable bonds is 12. The highest BCUT2D eigenvalue weighted by atomic mass is 16.5. The van der Waals surface area contributed by atoms with Crippen molar-refractivity contribution in [2.24, 2.45) is 0 Å². The summed E-state index contributed by atoms with van der Waals surface area (Å²) in [7, 11) is 1.66. The standard InChI is InChI=1S/C24H32O4/c1-4-5-6-7-8-9-18-27-22-14-16-23(17-15-22)28-24(25)21-12-10-20(11-13-21)19(2)26-3/h10-17,19H,4-9,18H2,1-3H3. The molecule has 28 heavy (non-hydrogen) atoms. The number of carbonyl (C=O) groups excluding carboxylic acids is 1. The minimum atomic E-state index is -0.377. The van der Waals surface area contributed by atoms with Gasteiger partial charge in [0.2, 0.25) is 0 Å². The molecular formula is C24H32O4. The Hall–Kier alpha value is -2.33. The highest BCUT2D eigenvalue weighted by molar-refractivity contribution is 5.91. The molecule has 0 aliphatic rings. The molecule has 0 fully saturated rings. The molecule has 0 heterocycles. The van der Waals surface area contributed by atoms with Crippen molar-refractivity contribution in [3.05, 3.63) is 59.7 Å². The lowest BCUT2D eigenvalue weighted by molar-refractivity contribution is 0.0734. The second-order valence-corrected chi connectivity index (χ2v) is 6.98. The van der Waals surface area contributed by atoms with Crippen LogP contribution in [0.25, 0.3) is 0 Å². The summed E-state index contributed by atoms with van der Waals surface area (Å²) < 4.78 is 16.5. The Bertz CT molecular complexity index is 692. The van der Waals surface area contributed by atoms with Crippen molar-refractivity contribution in [2.75, 3.05) is 13.7 Å². The van der Waals surface area contributed by atoms with Crippen LogP contribution in [0.5, 0.6) is 11.5 Å². The van der Waals surface area contributed by atoms with Gasteiger partial charge in [0.05, 0.1) is 18.3 Å². The van der Waals surface area contributed by atoms with Gasteiger partial charge >= 0.3 is 5.97 Å². The molecule has 0 saturated carbocycles. The van der Waals surface area contributed by atoms with Gasteiger partial charge in [-0.25, -0.2) is 4.79 Å². The Morgan fingerprint density at radius 3 is 2.11 bits per heavy atom. The molecule has 2 rings (SSSR count). The summed E-state index contributed by atoms with van der Waals surface area (Å²) in [5.74, 6) is 0.926. The number of methoxy groups -OCH3 is 1. The van der Waals surface area contributed by atoms with Crippen LogP contribution in [0.1, 0.15) is 74.4 Å². The van der Waals surface area contributed by atoms with Gasteiger partial charge < -0.3 is 14.2 Å². The van der Waals surface area contributed by atoms with Crippen molar-refractivity contribution in [1.82, 2.24) is 0 Å². The molecule has 4 heteroatoms. The van der Waals surface area contributed by atoms with Crippen LogP contribution < -0.4 is 9.47 Å². The zero-order chi connectivity index (χ0) is 20.2. The fourth-order valence-electron chi connectivity index (χ4n) is 2.87. The average Bonchev–Trinajstić information content (AvgIpc) is 2.73. The van der Waals surface area contributed by atoms with E-state index < -0.39 is 0 Å². The van der Waals surface area contributed by atoms with E-state index >= 15 is 0 Å². The minimum Gasteiger partial charge on any atom is -0.494 e. The Labute approximate surface area is 168 Å². The minimum absolute atomic E-state index is 0.00560. The maximum absolute atomic E-state index is 12.3. The largest absolute Gasteiger partial charge is 0.494 e.